The van der Waals surface area contributed by atoms with E-state index in [1.165, 1.54) is 12.1 Å². The van der Waals surface area contributed by atoms with Gasteiger partial charge in [-0.2, -0.15) is 0 Å². The molecule has 0 aliphatic carbocycles. The predicted molar refractivity (Wildman–Crippen MR) is 121 cm³/mol. The lowest BCUT2D eigenvalue weighted by Crippen LogP contribution is -2.40. The van der Waals surface area contributed by atoms with Crippen molar-refractivity contribution in [3.63, 3.8) is 0 Å². The minimum atomic E-state index is -0.675. The van der Waals surface area contributed by atoms with Crippen molar-refractivity contribution < 1.29 is 19.1 Å². The van der Waals surface area contributed by atoms with Crippen LogP contribution in [0.4, 0.5) is 4.39 Å². The zero-order chi connectivity index (χ0) is 22.4. The molecule has 0 radical (unpaired) electrons. The second kappa shape index (κ2) is 10.6. The Morgan fingerprint density at radius 2 is 2.00 bits per heavy atom. The van der Waals surface area contributed by atoms with Crippen LogP contribution in [0.1, 0.15) is 38.3 Å². The van der Waals surface area contributed by atoms with Gasteiger partial charge in [-0.05, 0) is 56.2 Å². The van der Waals surface area contributed by atoms with Crippen LogP contribution in [0.25, 0.3) is 0 Å². The van der Waals surface area contributed by atoms with Crippen molar-refractivity contribution in [1.82, 2.24) is 4.90 Å². The molecule has 1 aliphatic rings. The molecule has 31 heavy (non-hydrogen) atoms. The highest BCUT2D eigenvalue weighted by Gasteiger charge is 2.26. The molecule has 2 atom stereocenters. The van der Waals surface area contributed by atoms with Gasteiger partial charge in [-0.1, -0.05) is 41.0 Å². The fourth-order valence-electron chi connectivity index (χ4n) is 3.42. The van der Waals surface area contributed by atoms with Gasteiger partial charge in [0.15, 0.2) is 0 Å². The third-order valence-corrected chi connectivity index (χ3v) is 5.10. The van der Waals surface area contributed by atoms with Gasteiger partial charge in [0, 0.05) is 31.1 Å². The molecule has 0 bridgehead atoms. The number of benzene rings is 2. The summed E-state index contributed by atoms with van der Waals surface area (Å²) < 4.78 is 19.4. The van der Waals surface area contributed by atoms with Gasteiger partial charge >= 0.3 is 0 Å². The monoisotopic (exact) mass is 448 g/mol. The van der Waals surface area contributed by atoms with Gasteiger partial charge in [-0.25, -0.2) is 4.39 Å². The first-order valence-electron chi connectivity index (χ1n) is 10.5. The van der Waals surface area contributed by atoms with Crippen molar-refractivity contribution in [3.8, 4) is 0 Å². The van der Waals surface area contributed by atoms with Crippen LogP contribution in [0.15, 0.2) is 53.7 Å². The average molecular weight is 449 g/mol. The highest BCUT2D eigenvalue weighted by atomic mass is 35.5. The third-order valence-electron chi connectivity index (χ3n) is 4.85. The number of aliphatic hydroxyl groups excluding tert-OH is 1. The highest BCUT2D eigenvalue weighted by Crippen LogP contribution is 2.20. The number of oxime groups is 1. The number of rotatable bonds is 9. The minimum Gasteiger partial charge on any atom is -0.390 e. The maximum absolute atomic E-state index is 13.7. The van der Waals surface area contributed by atoms with Crippen LogP contribution >= 0.6 is 11.6 Å². The van der Waals surface area contributed by atoms with Crippen LogP contribution in [0.2, 0.25) is 5.02 Å². The van der Waals surface area contributed by atoms with Crippen molar-refractivity contribution in [2.45, 2.75) is 51.5 Å². The van der Waals surface area contributed by atoms with Crippen molar-refractivity contribution in [1.29, 1.82) is 0 Å². The third kappa shape index (κ3) is 7.89. The van der Waals surface area contributed by atoms with E-state index in [4.69, 9.17) is 21.2 Å². The molecular formula is C24H30ClFN2O3. The van der Waals surface area contributed by atoms with Gasteiger partial charge < -0.3 is 14.7 Å². The Kier molecular flexibility index (Phi) is 8.06. The Morgan fingerprint density at radius 1 is 1.26 bits per heavy atom. The Morgan fingerprint density at radius 3 is 2.68 bits per heavy atom. The largest absolute Gasteiger partial charge is 0.390 e. The van der Waals surface area contributed by atoms with Gasteiger partial charge in [-0.15, -0.1) is 0 Å². The number of hydrogen-bond acceptors (Lipinski definition) is 5. The second-order valence-electron chi connectivity index (χ2n) is 8.88. The van der Waals surface area contributed by atoms with E-state index in [0.29, 0.717) is 31.1 Å². The molecule has 0 amide bonds. The van der Waals surface area contributed by atoms with Crippen LogP contribution in [0, 0.1) is 5.82 Å². The van der Waals surface area contributed by atoms with Crippen molar-refractivity contribution in [2.24, 2.45) is 5.16 Å². The minimum absolute atomic E-state index is 0.157. The lowest BCUT2D eigenvalue weighted by atomic mass is 10.0. The van der Waals surface area contributed by atoms with Crippen molar-refractivity contribution in [3.05, 3.63) is 70.5 Å². The Labute approximate surface area is 188 Å². The molecule has 0 unspecified atom stereocenters. The molecule has 1 N–H and O–H groups in total. The van der Waals surface area contributed by atoms with E-state index in [1.807, 2.05) is 51.1 Å². The standard InChI is InChI=1S/C24H30ClFN2O3/c1-24(2,3)30-16-21(29)14-28(13-17-5-4-6-20(26)11-17)15-22-12-23(27-31-22)18-7-9-19(25)10-8-18/h4-11,21-22,29H,12-16H2,1-3H3/t21-,22-/m0/s1. The summed E-state index contributed by atoms with van der Waals surface area (Å²) in [5.41, 5.74) is 2.34. The SMILES string of the molecule is CC(C)(C)OC[C@@H](O)CN(Cc1cccc(F)c1)C[C@@H]1CC(c2ccc(Cl)cc2)=NO1. The topological polar surface area (TPSA) is 54.3 Å². The molecule has 2 aromatic carbocycles. The van der Waals surface area contributed by atoms with E-state index < -0.39 is 6.10 Å². The number of halogens is 2. The molecule has 2 aromatic rings. The van der Waals surface area contributed by atoms with E-state index in [2.05, 4.69) is 10.1 Å². The molecule has 0 saturated carbocycles. The number of ether oxygens (including phenoxy) is 1. The van der Waals surface area contributed by atoms with E-state index in [1.54, 1.807) is 6.07 Å². The Bertz CT molecular complexity index is 883. The van der Waals surface area contributed by atoms with Crippen LogP contribution in [-0.4, -0.2) is 53.2 Å². The molecule has 0 fully saturated rings. The van der Waals surface area contributed by atoms with Crippen molar-refractivity contribution >= 4 is 17.3 Å². The second-order valence-corrected chi connectivity index (χ2v) is 9.31. The van der Waals surface area contributed by atoms with Gasteiger partial charge in [0.05, 0.1) is 24.0 Å². The summed E-state index contributed by atoms with van der Waals surface area (Å²) in [5, 5.41) is 15.4. The fourth-order valence-corrected chi connectivity index (χ4v) is 3.55. The van der Waals surface area contributed by atoms with Crippen LogP contribution < -0.4 is 0 Å². The van der Waals surface area contributed by atoms with Gasteiger partial charge in [-0.3, -0.25) is 4.90 Å². The average Bonchev–Trinajstić information content (AvgIpc) is 3.15. The van der Waals surface area contributed by atoms with E-state index in [9.17, 15) is 9.50 Å². The highest BCUT2D eigenvalue weighted by molar-refractivity contribution is 6.30. The zero-order valence-corrected chi connectivity index (χ0v) is 19.0. The maximum Gasteiger partial charge on any atom is 0.145 e. The van der Waals surface area contributed by atoms with E-state index >= 15 is 0 Å². The Hall–Kier alpha value is -1.99. The van der Waals surface area contributed by atoms with Gasteiger partial charge in [0.1, 0.15) is 11.9 Å². The van der Waals surface area contributed by atoms with Crippen molar-refractivity contribution in [2.75, 3.05) is 19.7 Å². The molecule has 168 valence electrons. The summed E-state index contributed by atoms with van der Waals surface area (Å²) in [5.74, 6) is -0.278. The number of aliphatic hydroxyl groups is 1. The smallest absolute Gasteiger partial charge is 0.145 e. The maximum atomic E-state index is 13.7. The molecular weight excluding hydrogens is 419 g/mol. The molecule has 1 aliphatic heterocycles. The van der Waals surface area contributed by atoms with Gasteiger partial charge in [0.25, 0.3) is 0 Å². The zero-order valence-electron chi connectivity index (χ0n) is 18.2. The molecule has 0 aromatic heterocycles. The summed E-state index contributed by atoms with van der Waals surface area (Å²) in [7, 11) is 0. The molecule has 0 spiro atoms. The summed E-state index contributed by atoms with van der Waals surface area (Å²) in [6.07, 6.45) is -0.184. The molecule has 1 heterocycles. The van der Waals surface area contributed by atoms with E-state index in [-0.39, 0.29) is 24.1 Å². The summed E-state index contributed by atoms with van der Waals surface area (Å²) in [6, 6.07) is 14.0. The first-order chi connectivity index (χ1) is 14.7. The first-order valence-corrected chi connectivity index (χ1v) is 10.8. The lowest BCUT2D eigenvalue weighted by molar-refractivity contribution is -0.0600. The summed E-state index contributed by atoms with van der Waals surface area (Å²) in [4.78, 5) is 7.72. The Balaban J connectivity index is 1.62. The summed E-state index contributed by atoms with van der Waals surface area (Å²) >= 11 is 5.97. The van der Waals surface area contributed by atoms with Crippen LogP contribution in [0.3, 0.4) is 0 Å². The van der Waals surface area contributed by atoms with Crippen LogP contribution in [-0.2, 0) is 16.1 Å². The fraction of sp³-hybridized carbons (Fsp3) is 0.458. The number of hydrogen-bond donors (Lipinski definition) is 1. The van der Waals surface area contributed by atoms with E-state index in [0.717, 1.165) is 16.8 Å². The molecule has 7 heteroatoms. The lowest BCUT2D eigenvalue weighted by Gasteiger charge is -2.28. The van der Waals surface area contributed by atoms with Gasteiger partial charge in [0.2, 0.25) is 0 Å². The quantitative estimate of drug-likeness (QED) is 0.606. The summed E-state index contributed by atoms with van der Waals surface area (Å²) in [6.45, 7) is 7.48. The van der Waals surface area contributed by atoms with Crippen LogP contribution in [0.5, 0.6) is 0 Å². The normalized spacial score (nSPS) is 17.5. The molecule has 3 rings (SSSR count). The molecule has 5 nitrogen and oxygen atoms in total. The number of nitrogens with zero attached hydrogens (tertiary/aromatic N) is 2. The predicted octanol–water partition coefficient (Wildman–Crippen LogP) is 4.65. The first kappa shape index (κ1) is 23.7. The molecule has 0 saturated heterocycles.